The van der Waals surface area contributed by atoms with Crippen molar-refractivity contribution in [3.8, 4) is 0 Å². The van der Waals surface area contributed by atoms with Crippen LogP contribution in [0.15, 0.2) is 30.3 Å². The number of carbonyl (C=O) groups is 1. The van der Waals surface area contributed by atoms with E-state index in [0.717, 1.165) is 42.9 Å². The lowest BCUT2D eigenvalue weighted by molar-refractivity contribution is -0.131. The summed E-state index contributed by atoms with van der Waals surface area (Å²) in [6.07, 6.45) is 8.04. The number of rotatable bonds is 5. The van der Waals surface area contributed by atoms with E-state index in [2.05, 4.69) is 11.8 Å². The van der Waals surface area contributed by atoms with Crippen molar-refractivity contribution in [3.63, 3.8) is 0 Å². The topological polar surface area (TPSA) is 90.4 Å². The summed E-state index contributed by atoms with van der Waals surface area (Å²) in [4.78, 5) is 13.0. The Bertz CT molecular complexity index is 1070. The fourth-order valence-corrected chi connectivity index (χ4v) is 5.38. The van der Waals surface area contributed by atoms with Gasteiger partial charge < -0.3 is 16.2 Å². The SMILES string of the molecule is CC1Cc2c(ccc(N)c2C=N)C(c2c(F)cc(/C=C/C(=O)O)cc2F)N1C1CCCC1. The number of carboxylic acid groups (broad SMARTS) is 1. The molecule has 1 saturated carbocycles. The van der Waals surface area contributed by atoms with Gasteiger partial charge in [0.05, 0.1) is 6.04 Å². The molecule has 0 saturated heterocycles. The highest BCUT2D eigenvalue weighted by Gasteiger charge is 2.41. The maximum Gasteiger partial charge on any atom is 0.328 e. The van der Waals surface area contributed by atoms with Crippen LogP contribution in [0, 0.1) is 17.0 Å². The number of hydrogen-bond donors (Lipinski definition) is 3. The van der Waals surface area contributed by atoms with Crippen molar-refractivity contribution in [1.29, 1.82) is 5.41 Å². The molecule has 5 nitrogen and oxygen atoms in total. The number of halogens is 2. The van der Waals surface area contributed by atoms with Crippen LogP contribution in [0.3, 0.4) is 0 Å². The predicted molar refractivity (Wildman–Crippen MR) is 121 cm³/mol. The number of nitrogens with one attached hydrogen (secondary N) is 1. The third-order valence-electron chi connectivity index (χ3n) is 6.71. The van der Waals surface area contributed by atoms with E-state index in [0.29, 0.717) is 17.7 Å². The van der Waals surface area contributed by atoms with Gasteiger partial charge in [-0.05, 0) is 67.2 Å². The van der Waals surface area contributed by atoms with E-state index in [1.54, 1.807) is 6.07 Å². The summed E-state index contributed by atoms with van der Waals surface area (Å²) in [7, 11) is 0. The number of carboxylic acids is 1. The lowest BCUT2D eigenvalue weighted by Crippen LogP contribution is -2.48. The molecule has 7 heteroatoms. The third-order valence-corrected chi connectivity index (χ3v) is 6.71. The maximum absolute atomic E-state index is 15.4. The number of aliphatic carboxylic acids is 1. The molecule has 0 spiro atoms. The van der Waals surface area contributed by atoms with Gasteiger partial charge in [-0.1, -0.05) is 18.9 Å². The molecule has 2 aromatic carbocycles. The van der Waals surface area contributed by atoms with Crippen LogP contribution in [0.1, 0.15) is 66.5 Å². The van der Waals surface area contributed by atoms with Gasteiger partial charge >= 0.3 is 5.97 Å². The van der Waals surface area contributed by atoms with E-state index in [1.165, 1.54) is 24.4 Å². The van der Waals surface area contributed by atoms with Gasteiger partial charge in [-0.3, -0.25) is 4.90 Å². The summed E-state index contributed by atoms with van der Waals surface area (Å²) in [5.74, 6) is -2.61. The molecule has 0 bridgehead atoms. The molecule has 1 aliphatic carbocycles. The van der Waals surface area contributed by atoms with Crippen molar-refractivity contribution in [2.75, 3.05) is 5.73 Å². The molecule has 2 unspecified atom stereocenters. The minimum absolute atomic E-state index is 0.0153. The largest absolute Gasteiger partial charge is 0.478 e. The second-order valence-electron chi connectivity index (χ2n) is 8.69. The van der Waals surface area contributed by atoms with Crippen molar-refractivity contribution < 1.29 is 18.7 Å². The van der Waals surface area contributed by atoms with Gasteiger partial charge in [0.1, 0.15) is 11.6 Å². The minimum atomic E-state index is -1.19. The number of benzene rings is 2. The lowest BCUT2D eigenvalue weighted by atomic mass is 9.80. The second-order valence-corrected chi connectivity index (χ2v) is 8.69. The fourth-order valence-electron chi connectivity index (χ4n) is 5.38. The molecule has 1 fully saturated rings. The summed E-state index contributed by atoms with van der Waals surface area (Å²) in [5, 5.41) is 16.7. The average molecular weight is 440 g/mol. The van der Waals surface area contributed by atoms with Crippen molar-refractivity contribution in [2.24, 2.45) is 0 Å². The number of anilines is 1. The summed E-state index contributed by atoms with van der Waals surface area (Å²) < 4.78 is 30.9. The molecule has 4 N–H and O–H groups in total. The number of nitrogen functional groups attached to an aromatic ring is 1. The molecule has 4 rings (SSSR count). The van der Waals surface area contributed by atoms with Gasteiger partial charge in [0.15, 0.2) is 0 Å². The smallest absolute Gasteiger partial charge is 0.328 e. The summed E-state index contributed by atoms with van der Waals surface area (Å²) in [6, 6.07) is 5.48. The van der Waals surface area contributed by atoms with Gasteiger partial charge in [-0.25, -0.2) is 13.6 Å². The highest BCUT2D eigenvalue weighted by Crippen LogP contribution is 2.45. The van der Waals surface area contributed by atoms with Crippen LogP contribution in [0.4, 0.5) is 14.5 Å². The second kappa shape index (κ2) is 8.82. The number of hydrogen-bond acceptors (Lipinski definition) is 4. The molecule has 0 aromatic heterocycles. The van der Waals surface area contributed by atoms with Crippen LogP contribution in [-0.2, 0) is 11.2 Å². The molecule has 0 amide bonds. The molecule has 2 aromatic rings. The van der Waals surface area contributed by atoms with Crippen LogP contribution in [0.5, 0.6) is 0 Å². The van der Waals surface area contributed by atoms with Crippen molar-refractivity contribution in [3.05, 3.63) is 69.8 Å². The van der Waals surface area contributed by atoms with E-state index in [1.807, 2.05) is 6.07 Å². The number of fused-ring (bicyclic) bond motifs is 1. The number of nitrogens with zero attached hydrogens (tertiary/aromatic N) is 1. The Labute approximate surface area is 186 Å². The van der Waals surface area contributed by atoms with Gasteiger partial charge in [-0.2, -0.15) is 0 Å². The Hall–Kier alpha value is -3.06. The first-order chi connectivity index (χ1) is 15.3. The van der Waals surface area contributed by atoms with E-state index in [-0.39, 0.29) is 23.2 Å². The Kier molecular flexibility index (Phi) is 6.11. The summed E-state index contributed by atoms with van der Waals surface area (Å²) >= 11 is 0. The van der Waals surface area contributed by atoms with Crippen LogP contribution >= 0.6 is 0 Å². The molecule has 1 aliphatic heterocycles. The summed E-state index contributed by atoms with van der Waals surface area (Å²) in [6.45, 7) is 2.06. The van der Waals surface area contributed by atoms with Crippen LogP contribution in [0.2, 0.25) is 0 Å². The van der Waals surface area contributed by atoms with E-state index >= 15 is 8.78 Å². The standard InChI is InChI=1S/C25H27F2N3O2/c1-14-10-18-17(7-8-22(29)19(18)13-28)25(30(14)16-4-2-3-5-16)24-20(26)11-15(12-21(24)27)6-9-23(31)32/h6-9,11-14,16,25,28H,2-5,10,29H2,1H3,(H,31,32)/b9-6+,28-13?. The molecular weight excluding hydrogens is 412 g/mol. The molecule has 0 radical (unpaired) electrons. The first kappa shape index (κ1) is 22.1. The van der Waals surface area contributed by atoms with Crippen molar-refractivity contribution >= 4 is 23.9 Å². The molecule has 1 heterocycles. The first-order valence-electron chi connectivity index (χ1n) is 10.9. The molecule has 168 valence electrons. The van der Waals surface area contributed by atoms with Crippen LogP contribution in [-0.4, -0.2) is 34.3 Å². The van der Waals surface area contributed by atoms with E-state index in [4.69, 9.17) is 16.2 Å². The zero-order chi connectivity index (χ0) is 23.0. The monoisotopic (exact) mass is 439 g/mol. The van der Waals surface area contributed by atoms with E-state index < -0.39 is 23.6 Å². The van der Waals surface area contributed by atoms with Crippen molar-refractivity contribution in [1.82, 2.24) is 4.90 Å². The zero-order valence-corrected chi connectivity index (χ0v) is 17.9. The highest BCUT2D eigenvalue weighted by molar-refractivity contribution is 5.88. The van der Waals surface area contributed by atoms with E-state index in [9.17, 15) is 4.79 Å². The lowest BCUT2D eigenvalue weighted by Gasteiger charge is -2.46. The maximum atomic E-state index is 15.4. The van der Waals surface area contributed by atoms with Crippen LogP contribution < -0.4 is 5.73 Å². The zero-order valence-electron chi connectivity index (χ0n) is 17.9. The van der Waals surface area contributed by atoms with Gasteiger partial charge in [-0.15, -0.1) is 0 Å². The average Bonchev–Trinajstić information content (AvgIpc) is 3.26. The quantitative estimate of drug-likeness (QED) is 0.350. The Morgan fingerprint density at radius 1 is 1.22 bits per heavy atom. The Balaban J connectivity index is 1.91. The minimum Gasteiger partial charge on any atom is -0.478 e. The number of nitrogens with two attached hydrogens (primary N) is 1. The van der Waals surface area contributed by atoms with Gasteiger partial charge in [0.25, 0.3) is 0 Å². The molecule has 2 atom stereocenters. The Morgan fingerprint density at radius 3 is 2.47 bits per heavy atom. The van der Waals surface area contributed by atoms with Crippen molar-refractivity contribution in [2.45, 2.75) is 57.2 Å². The summed E-state index contributed by atoms with van der Waals surface area (Å²) in [5.41, 5.74) is 8.94. The molecular formula is C25H27F2N3O2. The predicted octanol–water partition coefficient (Wildman–Crippen LogP) is 4.92. The molecule has 32 heavy (non-hydrogen) atoms. The fraction of sp³-hybridized carbons (Fsp3) is 0.360. The highest BCUT2D eigenvalue weighted by atomic mass is 19.1. The van der Waals surface area contributed by atoms with Crippen LogP contribution in [0.25, 0.3) is 6.08 Å². The molecule has 2 aliphatic rings. The van der Waals surface area contributed by atoms with Gasteiger partial charge in [0.2, 0.25) is 0 Å². The normalized spacial score (nSPS) is 21.7. The first-order valence-corrected chi connectivity index (χ1v) is 10.9. The third kappa shape index (κ3) is 3.93. The Morgan fingerprint density at radius 2 is 1.88 bits per heavy atom. The van der Waals surface area contributed by atoms with Gasteiger partial charge in [0, 0.05) is 41.2 Å².